The van der Waals surface area contributed by atoms with E-state index in [2.05, 4.69) is 0 Å². The van der Waals surface area contributed by atoms with Crippen LogP contribution >= 0.6 is 11.6 Å². The summed E-state index contributed by atoms with van der Waals surface area (Å²) in [5.41, 5.74) is 0.909. The summed E-state index contributed by atoms with van der Waals surface area (Å²) in [6.07, 6.45) is -1.98. The first-order valence-corrected chi connectivity index (χ1v) is 11.6. The number of Topliss-reactive ketones (excluding diaryl/α,β-unsaturated/α-hetero) is 2. The average molecular weight is 526 g/mol. The number of amides is 1. The normalized spacial score (nSPS) is 26.8. The van der Waals surface area contributed by atoms with Crippen LogP contribution in [-0.4, -0.2) is 49.5 Å². The fourth-order valence-electron chi connectivity index (χ4n) is 5.49. The van der Waals surface area contributed by atoms with Crippen LogP contribution < -0.4 is 5.73 Å². The minimum Gasteiger partial charge on any atom is -0.511 e. The summed E-state index contributed by atoms with van der Waals surface area (Å²) < 4.78 is 5.78. The highest BCUT2D eigenvalue weighted by atomic mass is 35.5. The highest BCUT2D eigenvalue weighted by Gasteiger charge is 2.61. The van der Waals surface area contributed by atoms with Crippen molar-refractivity contribution in [2.45, 2.75) is 24.5 Å². The van der Waals surface area contributed by atoms with Gasteiger partial charge in [0.05, 0.1) is 11.1 Å². The minimum absolute atomic E-state index is 0.00247. The van der Waals surface area contributed by atoms with Crippen LogP contribution in [0.25, 0.3) is 0 Å². The zero-order valence-electron chi connectivity index (χ0n) is 19.0. The number of phenols is 1. The molecule has 3 aliphatic carbocycles. The number of ether oxygens (including phenoxy) is 1. The third kappa shape index (κ3) is 3.44. The van der Waals surface area contributed by atoms with Crippen molar-refractivity contribution >= 4 is 35.0 Å². The largest absolute Gasteiger partial charge is 0.511 e. The molecule has 11 heteroatoms. The number of primary amides is 1. The van der Waals surface area contributed by atoms with E-state index < -0.39 is 81.8 Å². The monoisotopic (exact) mass is 525 g/mol. The molecule has 4 atom stereocenters. The van der Waals surface area contributed by atoms with Crippen molar-refractivity contribution in [3.8, 4) is 5.75 Å². The highest BCUT2D eigenvalue weighted by Crippen LogP contribution is 2.56. The van der Waals surface area contributed by atoms with Gasteiger partial charge >= 0.3 is 5.97 Å². The van der Waals surface area contributed by atoms with E-state index in [1.165, 1.54) is 18.2 Å². The minimum atomic E-state index is -2.75. The molecule has 5 rings (SSSR count). The van der Waals surface area contributed by atoms with Gasteiger partial charge in [0.2, 0.25) is 5.78 Å². The molecular weight excluding hydrogens is 506 g/mol. The van der Waals surface area contributed by atoms with Gasteiger partial charge < -0.3 is 30.9 Å². The number of aromatic hydroxyl groups is 1. The summed E-state index contributed by atoms with van der Waals surface area (Å²) in [6, 6.07) is 10.4. The van der Waals surface area contributed by atoms with Crippen molar-refractivity contribution < 1.29 is 44.3 Å². The van der Waals surface area contributed by atoms with E-state index in [-0.39, 0.29) is 28.1 Å². The summed E-state index contributed by atoms with van der Waals surface area (Å²) in [7, 11) is 0. The summed E-state index contributed by atoms with van der Waals surface area (Å²) >= 11 is 6.40. The lowest BCUT2D eigenvalue weighted by Crippen LogP contribution is -2.57. The van der Waals surface area contributed by atoms with E-state index in [0.717, 1.165) is 6.07 Å². The molecule has 37 heavy (non-hydrogen) atoms. The molecule has 3 aliphatic rings. The molecule has 1 amide bonds. The Kier molecular flexibility index (Phi) is 5.61. The van der Waals surface area contributed by atoms with E-state index in [9.17, 15) is 39.6 Å². The van der Waals surface area contributed by atoms with Crippen molar-refractivity contribution in [3.05, 3.63) is 86.8 Å². The third-order valence-electron chi connectivity index (χ3n) is 7.20. The molecule has 0 aromatic heterocycles. The lowest BCUT2D eigenvalue weighted by molar-refractivity contribution is -0.145. The maximum Gasteiger partial charge on any atom is 0.338 e. The molecule has 0 heterocycles. The Labute approximate surface area is 214 Å². The number of fused-ring (bicyclic) bond motifs is 3. The second-order valence-corrected chi connectivity index (χ2v) is 9.57. The van der Waals surface area contributed by atoms with Crippen molar-refractivity contribution in [2.75, 3.05) is 0 Å². The molecule has 0 bridgehead atoms. The molecule has 0 spiro atoms. The number of allylic oxidation sites excluding steroid dienone is 1. The maximum absolute atomic E-state index is 13.6. The molecule has 0 saturated heterocycles. The molecule has 2 aromatic carbocycles. The van der Waals surface area contributed by atoms with Crippen LogP contribution in [0.15, 0.2) is 65.1 Å². The van der Waals surface area contributed by atoms with Gasteiger partial charge in [0.1, 0.15) is 28.9 Å². The van der Waals surface area contributed by atoms with Crippen LogP contribution in [0.4, 0.5) is 0 Å². The summed E-state index contributed by atoms with van der Waals surface area (Å²) in [6.45, 7) is 0. The Hall–Kier alpha value is -4.15. The van der Waals surface area contributed by atoms with Gasteiger partial charge in [-0.2, -0.15) is 0 Å². The molecule has 190 valence electrons. The highest BCUT2D eigenvalue weighted by molar-refractivity contribution is 6.33. The zero-order chi connectivity index (χ0) is 26.8. The Morgan fingerprint density at radius 1 is 1.05 bits per heavy atom. The van der Waals surface area contributed by atoms with Gasteiger partial charge in [0, 0.05) is 34.4 Å². The van der Waals surface area contributed by atoms with Crippen molar-refractivity contribution in [3.63, 3.8) is 0 Å². The Balaban J connectivity index is 1.71. The number of ketones is 2. The van der Waals surface area contributed by atoms with Crippen LogP contribution in [-0.2, 0) is 14.3 Å². The third-order valence-corrected chi connectivity index (χ3v) is 7.53. The molecule has 0 unspecified atom stereocenters. The average Bonchev–Trinajstić information content (AvgIpc) is 2.85. The van der Waals surface area contributed by atoms with Crippen LogP contribution in [0.5, 0.6) is 5.75 Å². The number of aliphatic hydroxyl groups is 3. The number of nitrogens with two attached hydrogens (primary N) is 1. The first-order valence-electron chi connectivity index (χ1n) is 11.2. The number of carbonyl (C=O) groups is 4. The van der Waals surface area contributed by atoms with Gasteiger partial charge in [-0.05, 0) is 30.7 Å². The van der Waals surface area contributed by atoms with Crippen LogP contribution in [0.3, 0.4) is 0 Å². The Morgan fingerprint density at radius 3 is 2.38 bits per heavy atom. The first-order chi connectivity index (χ1) is 17.5. The number of rotatable bonds is 3. The number of halogens is 1. The van der Waals surface area contributed by atoms with E-state index >= 15 is 0 Å². The quantitative estimate of drug-likeness (QED) is 0.296. The van der Waals surface area contributed by atoms with Gasteiger partial charge in [0.15, 0.2) is 11.4 Å². The standard InChI is InChI=1S/C26H20ClNO9/c27-13-6-7-14(29)18-17(13)21(37-25(35)10-4-2-1-3-5-10)12-8-11-9-15(30)19(24(28)34)23(33)26(11,36)22(32)16(12)20(18)31/h1-7,11-12,21,29-30,32,36H,8-9H2,(H2,28,34)/t11-,12-,21+,26-/m0/s1. The van der Waals surface area contributed by atoms with Crippen molar-refractivity contribution in [2.24, 2.45) is 17.6 Å². The number of esters is 1. The van der Waals surface area contributed by atoms with Crippen molar-refractivity contribution in [1.29, 1.82) is 0 Å². The van der Waals surface area contributed by atoms with E-state index in [0.29, 0.717) is 0 Å². The topological polar surface area (TPSA) is 184 Å². The Bertz CT molecular complexity index is 1460. The lowest BCUT2D eigenvalue weighted by Gasteiger charge is -2.47. The molecule has 10 nitrogen and oxygen atoms in total. The number of phenolic OH excluding ortho intramolecular Hbond substituents is 1. The van der Waals surface area contributed by atoms with Gasteiger partial charge in [-0.25, -0.2) is 4.79 Å². The molecule has 6 N–H and O–H groups in total. The van der Waals surface area contributed by atoms with Gasteiger partial charge in [0.25, 0.3) is 5.91 Å². The van der Waals surface area contributed by atoms with Gasteiger partial charge in [-0.15, -0.1) is 0 Å². The second kappa shape index (κ2) is 8.46. The van der Waals surface area contributed by atoms with Gasteiger partial charge in [-0.1, -0.05) is 29.8 Å². The van der Waals surface area contributed by atoms with Crippen LogP contribution in [0, 0.1) is 11.8 Å². The van der Waals surface area contributed by atoms with E-state index in [1.807, 2.05) is 0 Å². The first kappa shape index (κ1) is 24.5. The van der Waals surface area contributed by atoms with E-state index in [4.69, 9.17) is 22.1 Å². The maximum atomic E-state index is 13.6. The van der Waals surface area contributed by atoms with Crippen LogP contribution in [0.2, 0.25) is 5.02 Å². The fraction of sp³-hybridized carbons (Fsp3) is 0.231. The molecular formula is C26H20ClNO9. The summed E-state index contributed by atoms with van der Waals surface area (Å²) in [5, 5.41) is 43.5. The second-order valence-electron chi connectivity index (χ2n) is 9.16. The molecule has 0 saturated carbocycles. The Morgan fingerprint density at radius 2 is 1.73 bits per heavy atom. The van der Waals surface area contributed by atoms with Gasteiger partial charge in [-0.3, -0.25) is 14.4 Å². The molecule has 0 fully saturated rings. The zero-order valence-corrected chi connectivity index (χ0v) is 19.7. The van der Waals surface area contributed by atoms with Crippen molar-refractivity contribution in [1.82, 2.24) is 0 Å². The SMILES string of the molecule is NC(=O)C1=C(O)C[C@@H]2C[C@H]3C(=C(O)[C@]2(O)C1=O)C(=O)c1c(O)ccc(Cl)c1[C@@H]3OC(=O)c1ccccc1. The number of benzene rings is 2. The fourth-order valence-corrected chi connectivity index (χ4v) is 5.75. The summed E-state index contributed by atoms with van der Waals surface area (Å²) in [4.78, 5) is 51.5. The number of hydrogen-bond acceptors (Lipinski definition) is 9. The number of aliphatic hydroxyl groups excluding tert-OH is 2. The number of hydrogen-bond donors (Lipinski definition) is 5. The molecule has 0 aliphatic heterocycles. The van der Waals surface area contributed by atoms with Crippen LogP contribution in [0.1, 0.15) is 45.2 Å². The lowest BCUT2D eigenvalue weighted by atomic mass is 9.59. The smallest absolute Gasteiger partial charge is 0.338 e. The summed E-state index contributed by atoms with van der Waals surface area (Å²) in [5.74, 6) is -8.98. The molecule has 2 aromatic rings. The van der Waals surface area contributed by atoms with E-state index in [1.54, 1.807) is 18.2 Å². The predicted molar refractivity (Wildman–Crippen MR) is 127 cm³/mol. The predicted octanol–water partition coefficient (Wildman–Crippen LogP) is 2.59. The molecule has 0 radical (unpaired) electrons. The number of carbonyl (C=O) groups excluding carboxylic acids is 4.